The van der Waals surface area contributed by atoms with Gasteiger partial charge in [0.25, 0.3) is 0 Å². The van der Waals surface area contributed by atoms with Crippen LogP contribution in [0.25, 0.3) is 16.9 Å². The van der Waals surface area contributed by atoms with Gasteiger partial charge in [0.1, 0.15) is 0 Å². The molecule has 1 N–H and O–H groups in total. The minimum Gasteiger partial charge on any atom is -0.396 e. The van der Waals surface area contributed by atoms with Crippen molar-refractivity contribution in [3.63, 3.8) is 0 Å². The zero-order valence-corrected chi connectivity index (χ0v) is 15.8. The van der Waals surface area contributed by atoms with Crippen molar-refractivity contribution in [1.29, 1.82) is 0 Å². The first kappa shape index (κ1) is 18.4. The molecular formula is C22H27N3O. The molecule has 1 heterocycles. The minimum absolute atomic E-state index is 0.220. The second kappa shape index (κ2) is 8.30. The molecule has 3 rings (SSSR count). The Kier molecular flexibility index (Phi) is 5.86. The highest BCUT2D eigenvalue weighted by Gasteiger charge is 2.15. The molecule has 3 aromatic rings. The number of aliphatic hydroxyl groups is 1. The van der Waals surface area contributed by atoms with Crippen molar-refractivity contribution in [2.24, 2.45) is 0 Å². The number of aliphatic hydroxyl groups excluding tert-OH is 1. The van der Waals surface area contributed by atoms with Crippen LogP contribution in [-0.2, 0) is 6.54 Å². The number of hydrogen-bond donors (Lipinski definition) is 1. The van der Waals surface area contributed by atoms with E-state index in [9.17, 15) is 0 Å². The van der Waals surface area contributed by atoms with E-state index in [2.05, 4.69) is 62.3 Å². The highest BCUT2D eigenvalue weighted by molar-refractivity contribution is 5.63. The summed E-state index contributed by atoms with van der Waals surface area (Å²) in [5.74, 6) is 0. The Morgan fingerprint density at radius 2 is 1.85 bits per heavy atom. The Balaban J connectivity index is 2.01. The third kappa shape index (κ3) is 4.21. The van der Waals surface area contributed by atoms with Crippen LogP contribution in [0.5, 0.6) is 0 Å². The van der Waals surface area contributed by atoms with Gasteiger partial charge in [-0.2, -0.15) is 5.10 Å². The quantitative estimate of drug-likeness (QED) is 0.702. The van der Waals surface area contributed by atoms with E-state index >= 15 is 0 Å². The molecule has 2 aromatic carbocycles. The lowest BCUT2D eigenvalue weighted by Crippen LogP contribution is -2.20. The molecule has 0 spiro atoms. The molecule has 0 atom stereocenters. The molecule has 0 radical (unpaired) electrons. The summed E-state index contributed by atoms with van der Waals surface area (Å²) in [6.07, 6.45) is 2.92. The van der Waals surface area contributed by atoms with Crippen LogP contribution in [0.3, 0.4) is 0 Å². The van der Waals surface area contributed by atoms with Crippen molar-refractivity contribution in [3.8, 4) is 16.9 Å². The van der Waals surface area contributed by atoms with Gasteiger partial charge in [-0.15, -0.1) is 0 Å². The van der Waals surface area contributed by atoms with Gasteiger partial charge in [-0.3, -0.25) is 0 Å². The van der Waals surface area contributed by atoms with Crippen LogP contribution in [0.4, 0.5) is 0 Å². The van der Waals surface area contributed by atoms with Gasteiger partial charge in [-0.1, -0.05) is 42.5 Å². The van der Waals surface area contributed by atoms with Gasteiger partial charge in [-0.05, 0) is 44.5 Å². The predicted octanol–water partition coefficient (Wildman–Crippen LogP) is 3.97. The summed E-state index contributed by atoms with van der Waals surface area (Å²) in [5.41, 5.74) is 6.88. The minimum atomic E-state index is 0.220. The Labute approximate surface area is 155 Å². The molecule has 0 saturated carbocycles. The maximum absolute atomic E-state index is 9.08. The van der Waals surface area contributed by atoms with Gasteiger partial charge in [0.15, 0.2) is 0 Å². The monoisotopic (exact) mass is 349 g/mol. The van der Waals surface area contributed by atoms with Gasteiger partial charge < -0.3 is 10.0 Å². The first-order chi connectivity index (χ1) is 12.6. The van der Waals surface area contributed by atoms with Gasteiger partial charge >= 0.3 is 0 Å². The standard InChI is InChI=1S/C22H27N3O/c1-17-10-11-18(2)21(14-17)25-16-20(15-24(3)12-7-13-26)22(23-25)19-8-5-4-6-9-19/h4-6,8-11,14,16,26H,7,12-13,15H2,1-3H3. The number of aromatic nitrogens is 2. The molecule has 136 valence electrons. The lowest BCUT2D eigenvalue weighted by Gasteiger charge is -2.15. The van der Waals surface area contributed by atoms with Crippen molar-refractivity contribution >= 4 is 0 Å². The Hall–Kier alpha value is -2.43. The highest BCUT2D eigenvalue weighted by Crippen LogP contribution is 2.26. The molecule has 0 bridgehead atoms. The Morgan fingerprint density at radius 3 is 2.58 bits per heavy atom. The molecule has 0 aliphatic rings. The van der Waals surface area contributed by atoms with E-state index in [1.54, 1.807) is 0 Å². The molecule has 0 aliphatic carbocycles. The fourth-order valence-corrected chi connectivity index (χ4v) is 3.16. The molecular weight excluding hydrogens is 322 g/mol. The Morgan fingerprint density at radius 1 is 1.08 bits per heavy atom. The lowest BCUT2D eigenvalue weighted by atomic mass is 10.1. The van der Waals surface area contributed by atoms with Crippen LogP contribution in [-0.4, -0.2) is 40.0 Å². The number of benzene rings is 2. The molecule has 0 amide bonds. The van der Waals surface area contributed by atoms with E-state index in [4.69, 9.17) is 10.2 Å². The summed E-state index contributed by atoms with van der Waals surface area (Å²) < 4.78 is 2.00. The van der Waals surface area contributed by atoms with E-state index in [0.717, 1.165) is 36.5 Å². The highest BCUT2D eigenvalue weighted by atomic mass is 16.3. The van der Waals surface area contributed by atoms with Crippen molar-refractivity contribution in [2.45, 2.75) is 26.8 Å². The summed E-state index contributed by atoms with van der Waals surface area (Å²) in [5, 5.41) is 14.0. The molecule has 0 aliphatic heterocycles. The average molecular weight is 349 g/mol. The van der Waals surface area contributed by atoms with Crippen LogP contribution < -0.4 is 0 Å². The average Bonchev–Trinajstić information content (AvgIpc) is 3.06. The summed E-state index contributed by atoms with van der Waals surface area (Å²) in [7, 11) is 2.08. The van der Waals surface area contributed by atoms with Gasteiger partial charge in [0, 0.05) is 37.0 Å². The molecule has 4 nitrogen and oxygen atoms in total. The third-order valence-electron chi connectivity index (χ3n) is 4.59. The molecule has 1 aromatic heterocycles. The first-order valence-corrected chi connectivity index (χ1v) is 9.09. The third-order valence-corrected chi connectivity index (χ3v) is 4.59. The van der Waals surface area contributed by atoms with E-state index in [0.29, 0.717) is 0 Å². The Bertz CT molecular complexity index is 855. The number of nitrogens with zero attached hydrogens (tertiary/aromatic N) is 3. The van der Waals surface area contributed by atoms with Crippen molar-refractivity contribution in [2.75, 3.05) is 20.2 Å². The van der Waals surface area contributed by atoms with Crippen LogP contribution in [0.2, 0.25) is 0 Å². The molecule has 0 unspecified atom stereocenters. The maximum Gasteiger partial charge on any atom is 0.0972 e. The summed E-state index contributed by atoms with van der Waals surface area (Å²) in [4.78, 5) is 2.23. The molecule has 26 heavy (non-hydrogen) atoms. The topological polar surface area (TPSA) is 41.3 Å². The predicted molar refractivity (Wildman–Crippen MR) is 107 cm³/mol. The van der Waals surface area contributed by atoms with Crippen LogP contribution in [0, 0.1) is 13.8 Å². The fraction of sp³-hybridized carbons (Fsp3) is 0.318. The first-order valence-electron chi connectivity index (χ1n) is 9.09. The largest absolute Gasteiger partial charge is 0.396 e. The van der Waals surface area contributed by atoms with Crippen molar-refractivity contribution in [3.05, 3.63) is 71.4 Å². The van der Waals surface area contributed by atoms with Crippen LogP contribution in [0.1, 0.15) is 23.1 Å². The van der Waals surface area contributed by atoms with E-state index in [1.165, 1.54) is 16.7 Å². The summed E-state index contributed by atoms with van der Waals surface area (Å²) in [6, 6.07) is 16.8. The van der Waals surface area contributed by atoms with Gasteiger partial charge in [0.2, 0.25) is 0 Å². The fourth-order valence-electron chi connectivity index (χ4n) is 3.16. The van der Waals surface area contributed by atoms with Crippen molar-refractivity contribution < 1.29 is 5.11 Å². The van der Waals surface area contributed by atoms with E-state index < -0.39 is 0 Å². The van der Waals surface area contributed by atoms with Crippen molar-refractivity contribution in [1.82, 2.24) is 14.7 Å². The smallest absolute Gasteiger partial charge is 0.0972 e. The van der Waals surface area contributed by atoms with Crippen LogP contribution in [0.15, 0.2) is 54.7 Å². The summed E-state index contributed by atoms with van der Waals surface area (Å²) in [6.45, 7) is 6.10. The number of rotatable bonds is 7. The summed E-state index contributed by atoms with van der Waals surface area (Å²) >= 11 is 0. The SMILES string of the molecule is Cc1ccc(C)c(-n2cc(CN(C)CCCO)c(-c3ccccc3)n2)c1. The van der Waals surface area contributed by atoms with Crippen LogP contribution >= 0.6 is 0 Å². The second-order valence-electron chi connectivity index (χ2n) is 6.92. The second-order valence-corrected chi connectivity index (χ2v) is 6.92. The zero-order valence-electron chi connectivity index (χ0n) is 15.8. The van der Waals surface area contributed by atoms with E-state index in [-0.39, 0.29) is 6.61 Å². The lowest BCUT2D eigenvalue weighted by molar-refractivity contribution is 0.244. The molecule has 0 saturated heterocycles. The molecule has 0 fully saturated rings. The number of aryl methyl sites for hydroxylation is 2. The zero-order chi connectivity index (χ0) is 18.5. The number of hydrogen-bond acceptors (Lipinski definition) is 3. The van der Waals surface area contributed by atoms with Gasteiger partial charge in [-0.25, -0.2) is 4.68 Å². The maximum atomic E-state index is 9.08. The van der Waals surface area contributed by atoms with E-state index in [1.807, 2.05) is 22.9 Å². The normalized spacial score (nSPS) is 11.3. The van der Waals surface area contributed by atoms with Gasteiger partial charge in [0.05, 0.1) is 11.4 Å². The molecule has 4 heteroatoms.